The van der Waals surface area contributed by atoms with Crippen molar-refractivity contribution >= 4 is 23.0 Å². The van der Waals surface area contributed by atoms with E-state index < -0.39 is 0 Å². The zero-order valence-electron chi connectivity index (χ0n) is 9.32. The van der Waals surface area contributed by atoms with E-state index in [2.05, 4.69) is 0 Å². The molecule has 0 N–H and O–H groups in total. The molecule has 0 spiro atoms. The van der Waals surface area contributed by atoms with Crippen molar-refractivity contribution < 1.29 is 8.78 Å². The number of rotatable bonds is 2. The fourth-order valence-electron chi connectivity index (χ4n) is 1.75. The van der Waals surface area contributed by atoms with Gasteiger partial charge in [-0.25, -0.2) is 0 Å². The van der Waals surface area contributed by atoms with Gasteiger partial charge < -0.3 is 0 Å². The molecule has 0 unspecified atom stereocenters. The minimum absolute atomic E-state index is 0.263. The molecular weight excluding hydrogens is 328 g/mol. The zero-order valence-corrected chi connectivity index (χ0v) is 11.9. The second-order valence-corrected chi connectivity index (χ2v) is 6.65. The van der Waals surface area contributed by atoms with Crippen molar-refractivity contribution in [1.82, 2.24) is 0 Å². The second-order valence-electron chi connectivity index (χ2n) is 4.09. The molecule has 0 amide bonds. The van der Waals surface area contributed by atoms with Crippen LogP contribution >= 0.6 is 0 Å². The molecule has 0 atom stereocenters. The first-order chi connectivity index (χ1) is 8.00. The minimum atomic E-state index is -0.363. The Morgan fingerprint density at radius 3 is 1.65 bits per heavy atom. The predicted octanol–water partition coefficient (Wildman–Crippen LogP) is 3.40. The Bertz CT molecular complexity index is 488. The molecule has 3 heteroatoms. The van der Waals surface area contributed by atoms with Crippen molar-refractivity contribution in [1.29, 1.82) is 0 Å². The fourth-order valence-corrected chi connectivity index (χ4v) is 2.54. The van der Waals surface area contributed by atoms with Crippen LogP contribution in [0.4, 0.5) is 8.78 Å². The van der Waals surface area contributed by atoms with Crippen LogP contribution < -0.4 is 0 Å². The molecule has 0 saturated heterocycles. The molecule has 0 aromatic heterocycles. The molecule has 86 valence electrons. The molecule has 0 bridgehead atoms. The van der Waals surface area contributed by atoms with Gasteiger partial charge in [0.15, 0.2) is 0 Å². The van der Waals surface area contributed by atoms with E-state index in [1.807, 2.05) is 19.1 Å². The summed E-state index contributed by atoms with van der Waals surface area (Å²) in [5.41, 5.74) is 1.72. The summed E-state index contributed by atoms with van der Waals surface area (Å²) in [6.07, 6.45) is 0. The van der Waals surface area contributed by atoms with E-state index >= 15 is 0 Å². The first-order valence-corrected chi connectivity index (χ1v) is 6.52. The summed E-state index contributed by atoms with van der Waals surface area (Å²) in [6.45, 7) is 1.98. The van der Waals surface area contributed by atoms with Gasteiger partial charge in [-0.1, -0.05) is 0 Å². The maximum absolute atomic E-state index is 13.2. The molecule has 2 aromatic carbocycles. The molecule has 0 fully saturated rings. The number of hydrogen-bond acceptors (Lipinski definition) is 0. The first-order valence-electron chi connectivity index (χ1n) is 5.24. The summed E-state index contributed by atoms with van der Waals surface area (Å²) in [4.78, 5) is 0. The third-order valence-electron chi connectivity index (χ3n) is 2.77. The Hall–Kier alpha value is -0.882. The van der Waals surface area contributed by atoms with Gasteiger partial charge in [-0.2, -0.15) is 0 Å². The van der Waals surface area contributed by atoms with Gasteiger partial charge in [0.05, 0.1) is 0 Å². The van der Waals surface area contributed by atoms with Crippen molar-refractivity contribution in [3.8, 4) is 0 Å². The van der Waals surface area contributed by atoms with Crippen LogP contribution in [-0.2, 0) is 3.36 Å². The molecular formula is C14H11F2Sb. The maximum atomic E-state index is 13.2. The van der Waals surface area contributed by atoms with E-state index in [1.54, 1.807) is 12.1 Å². The summed E-state index contributed by atoms with van der Waals surface area (Å²) in [7, 11) is 0. The molecule has 0 aliphatic carbocycles. The molecule has 0 nitrogen and oxygen atoms in total. The summed E-state index contributed by atoms with van der Waals surface area (Å²) in [5.74, 6) is -0.527. The Morgan fingerprint density at radius 1 is 0.882 bits per heavy atom. The van der Waals surface area contributed by atoms with Gasteiger partial charge in [-0.3, -0.25) is 0 Å². The van der Waals surface area contributed by atoms with Crippen LogP contribution in [0.1, 0.15) is 18.1 Å². The van der Waals surface area contributed by atoms with Crippen LogP contribution in [0.15, 0.2) is 48.5 Å². The standard InChI is InChI=1S/C14H11F2.Sb/c1-10(11-4-2-6-13(15)8-11)12-5-3-7-14(16)9-12;/h2-9H,1H3;. The van der Waals surface area contributed by atoms with Crippen molar-refractivity contribution in [3.63, 3.8) is 0 Å². The van der Waals surface area contributed by atoms with Crippen LogP contribution in [0.2, 0.25) is 0 Å². The van der Waals surface area contributed by atoms with Crippen LogP contribution in [0.5, 0.6) is 0 Å². The Balaban J connectivity index is 2.49. The Labute approximate surface area is 113 Å². The zero-order chi connectivity index (χ0) is 12.5. The van der Waals surface area contributed by atoms with Gasteiger partial charge in [0.2, 0.25) is 0 Å². The van der Waals surface area contributed by atoms with Crippen molar-refractivity contribution in [3.05, 3.63) is 71.3 Å². The van der Waals surface area contributed by atoms with E-state index in [0.717, 1.165) is 11.1 Å². The topological polar surface area (TPSA) is 0 Å². The molecule has 0 saturated carbocycles. The molecule has 2 radical (unpaired) electrons. The van der Waals surface area contributed by atoms with Crippen LogP contribution in [-0.4, -0.2) is 23.0 Å². The summed E-state index contributed by atoms with van der Waals surface area (Å²) in [5, 5.41) is 0. The van der Waals surface area contributed by atoms with E-state index in [4.69, 9.17) is 0 Å². The average molecular weight is 339 g/mol. The number of benzene rings is 2. The third-order valence-corrected chi connectivity index (χ3v) is 4.25. The summed E-state index contributed by atoms with van der Waals surface area (Å²) < 4.78 is 26.1. The van der Waals surface area contributed by atoms with E-state index in [-0.39, 0.29) is 15.0 Å². The van der Waals surface area contributed by atoms with Gasteiger partial charge >= 0.3 is 113 Å². The van der Waals surface area contributed by atoms with Gasteiger partial charge in [-0.15, -0.1) is 0 Å². The predicted molar refractivity (Wildman–Crippen MR) is 65.0 cm³/mol. The van der Waals surface area contributed by atoms with Crippen LogP contribution in [0.25, 0.3) is 0 Å². The number of hydrogen-bond donors (Lipinski definition) is 0. The normalized spacial score (nSPS) is 11.5. The van der Waals surface area contributed by atoms with E-state index in [9.17, 15) is 8.78 Å². The Kier molecular flexibility index (Phi) is 3.53. The molecule has 17 heavy (non-hydrogen) atoms. The number of halogens is 2. The van der Waals surface area contributed by atoms with Gasteiger partial charge in [-0.05, 0) is 0 Å². The molecule has 2 aromatic rings. The molecule has 2 rings (SSSR count). The third kappa shape index (κ3) is 2.69. The van der Waals surface area contributed by atoms with Gasteiger partial charge in [0.1, 0.15) is 0 Å². The van der Waals surface area contributed by atoms with E-state index in [1.165, 1.54) is 47.3 Å². The quantitative estimate of drug-likeness (QED) is 0.736. The SMILES string of the molecule is C[C]([Sb])(c1cccc(F)c1)c1cccc(F)c1. The van der Waals surface area contributed by atoms with Crippen molar-refractivity contribution in [2.45, 2.75) is 10.3 Å². The van der Waals surface area contributed by atoms with Crippen LogP contribution in [0.3, 0.4) is 0 Å². The Morgan fingerprint density at radius 2 is 1.29 bits per heavy atom. The molecule has 0 aliphatic heterocycles. The molecule has 0 heterocycles. The first kappa shape index (κ1) is 12.6. The van der Waals surface area contributed by atoms with Crippen molar-refractivity contribution in [2.75, 3.05) is 0 Å². The monoisotopic (exact) mass is 338 g/mol. The summed E-state index contributed by atoms with van der Waals surface area (Å²) >= 11 is 1.53. The fraction of sp³-hybridized carbons (Fsp3) is 0.143. The summed E-state index contributed by atoms with van der Waals surface area (Å²) in [6, 6.07) is 12.9. The second kappa shape index (κ2) is 4.78. The van der Waals surface area contributed by atoms with E-state index in [0.29, 0.717) is 0 Å². The van der Waals surface area contributed by atoms with Crippen molar-refractivity contribution in [2.24, 2.45) is 0 Å². The van der Waals surface area contributed by atoms with Gasteiger partial charge in [0, 0.05) is 0 Å². The average Bonchev–Trinajstić information content (AvgIpc) is 2.29. The van der Waals surface area contributed by atoms with Gasteiger partial charge in [0.25, 0.3) is 0 Å². The van der Waals surface area contributed by atoms with Crippen LogP contribution in [0, 0.1) is 11.6 Å². The molecule has 0 aliphatic rings.